The van der Waals surface area contributed by atoms with E-state index in [0.717, 1.165) is 24.3 Å². The highest BCUT2D eigenvalue weighted by atomic mass is 16.5. The van der Waals surface area contributed by atoms with Gasteiger partial charge in [-0.15, -0.1) is 0 Å². The zero-order chi connectivity index (χ0) is 17.3. The Morgan fingerprint density at radius 3 is 2.67 bits per heavy atom. The third-order valence-corrected chi connectivity index (χ3v) is 4.51. The number of carbonyl (C=O) groups excluding carboxylic acids is 1. The standard InChI is InChI=1S/C19H25N3O2/c1-12-7-13(2)9-16(8-12)14(3)20-19(23)17-10-22(4)21-18(17)15-5-6-24-11-15/h7-10,14-15H,5-6,11H2,1-4H3,(H,20,23). The summed E-state index contributed by atoms with van der Waals surface area (Å²) < 4.78 is 7.16. The number of ether oxygens (including phenoxy) is 1. The Balaban J connectivity index is 1.79. The minimum atomic E-state index is -0.0725. The molecule has 1 fully saturated rings. The van der Waals surface area contributed by atoms with Crippen LogP contribution in [0.2, 0.25) is 0 Å². The van der Waals surface area contributed by atoms with E-state index in [4.69, 9.17) is 4.74 Å². The zero-order valence-electron chi connectivity index (χ0n) is 14.8. The largest absolute Gasteiger partial charge is 0.381 e. The van der Waals surface area contributed by atoms with E-state index >= 15 is 0 Å². The first-order valence-electron chi connectivity index (χ1n) is 8.44. The number of rotatable bonds is 4. The molecule has 0 saturated carbocycles. The van der Waals surface area contributed by atoms with E-state index in [0.29, 0.717) is 12.2 Å². The van der Waals surface area contributed by atoms with Crippen molar-refractivity contribution < 1.29 is 9.53 Å². The fourth-order valence-electron chi connectivity index (χ4n) is 3.35. The molecule has 1 aromatic heterocycles. The van der Waals surface area contributed by atoms with Crippen molar-refractivity contribution in [3.8, 4) is 0 Å². The summed E-state index contributed by atoms with van der Waals surface area (Å²) in [7, 11) is 1.85. The molecule has 1 aliphatic rings. The molecule has 5 nitrogen and oxygen atoms in total. The van der Waals surface area contributed by atoms with Crippen LogP contribution in [0.4, 0.5) is 0 Å². The Hall–Kier alpha value is -2.14. The van der Waals surface area contributed by atoms with Crippen LogP contribution in [0, 0.1) is 13.8 Å². The third kappa shape index (κ3) is 3.51. The van der Waals surface area contributed by atoms with Crippen molar-refractivity contribution >= 4 is 5.91 Å². The third-order valence-electron chi connectivity index (χ3n) is 4.51. The van der Waals surface area contributed by atoms with Crippen molar-refractivity contribution in [2.45, 2.75) is 39.2 Å². The summed E-state index contributed by atoms with van der Waals surface area (Å²) in [6.45, 7) is 7.54. The second-order valence-electron chi connectivity index (χ2n) is 6.78. The molecule has 0 radical (unpaired) electrons. The van der Waals surface area contributed by atoms with E-state index in [1.54, 1.807) is 10.9 Å². The van der Waals surface area contributed by atoms with Crippen LogP contribution in [0.15, 0.2) is 24.4 Å². The highest BCUT2D eigenvalue weighted by Crippen LogP contribution is 2.27. The lowest BCUT2D eigenvalue weighted by molar-refractivity contribution is 0.0938. The number of carbonyl (C=O) groups is 1. The summed E-state index contributed by atoms with van der Waals surface area (Å²) in [4.78, 5) is 12.8. The molecule has 1 N–H and O–H groups in total. The maximum absolute atomic E-state index is 12.8. The van der Waals surface area contributed by atoms with Gasteiger partial charge in [-0.2, -0.15) is 5.10 Å². The molecule has 3 rings (SSSR count). The van der Waals surface area contributed by atoms with Crippen molar-refractivity contribution in [3.63, 3.8) is 0 Å². The van der Waals surface area contributed by atoms with E-state index in [9.17, 15) is 4.79 Å². The number of hydrogen-bond donors (Lipinski definition) is 1. The maximum Gasteiger partial charge on any atom is 0.255 e. The van der Waals surface area contributed by atoms with Crippen LogP contribution >= 0.6 is 0 Å². The summed E-state index contributed by atoms with van der Waals surface area (Å²) in [5.41, 5.74) is 5.03. The number of aryl methyl sites for hydroxylation is 3. The van der Waals surface area contributed by atoms with Gasteiger partial charge in [0, 0.05) is 25.8 Å². The Labute approximate surface area is 143 Å². The molecule has 24 heavy (non-hydrogen) atoms. The van der Waals surface area contributed by atoms with Crippen LogP contribution in [0.3, 0.4) is 0 Å². The molecule has 2 atom stereocenters. The molecule has 2 unspecified atom stereocenters. The van der Waals surface area contributed by atoms with Gasteiger partial charge in [-0.05, 0) is 32.8 Å². The predicted octanol–water partition coefficient (Wildman–Crippen LogP) is 3.03. The monoisotopic (exact) mass is 327 g/mol. The van der Waals surface area contributed by atoms with Crippen molar-refractivity contribution in [1.29, 1.82) is 0 Å². The Bertz CT molecular complexity index is 725. The summed E-state index contributed by atoms with van der Waals surface area (Å²) in [5, 5.41) is 7.61. The van der Waals surface area contributed by atoms with Crippen molar-refractivity contribution in [2.75, 3.05) is 13.2 Å². The zero-order valence-corrected chi connectivity index (χ0v) is 14.8. The van der Waals surface area contributed by atoms with Gasteiger partial charge in [-0.1, -0.05) is 29.3 Å². The smallest absolute Gasteiger partial charge is 0.255 e. The van der Waals surface area contributed by atoms with Crippen LogP contribution < -0.4 is 5.32 Å². The van der Waals surface area contributed by atoms with Gasteiger partial charge in [0.2, 0.25) is 0 Å². The topological polar surface area (TPSA) is 56.2 Å². The van der Waals surface area contributed by atoms with Gasteiger partial charge in [0.15, 0.2) is 0 Å². The molecule has 128 valence electrons. The molecule has 5 heteroatoms. The molecule has 2 aromatic rings. The Morgan fingerprint density at radius 2 is 2.04 bits per heavy atom. The molecule has 1 aliphatic heterocycles. The first kappa shape index (κ1) is 16.7. The minimum absolute atomic E-state index is 0.0519. The molecular formula is C19H25N3O2. The van der Waals surface area contributed by atoms with Crippen molar-refractivity contribution in [2.24, 2.45) is 7.05 Å². The van der Waals surface area contributed by atoms with Crippen LogP contribution in [-0.4, -0.2) is 28.9 Å². The quantitative estimate of drug-likeness (QED) is 0.939. The Morgan fingerprint density at radius 1 is 1.33 bits per heavy atom. The highest BCUT2D eigenvalue weighted by Gasteiger charge is 2.27. The average molecular weight is 327 g/mol. The van der Waals surface area contributed by atoms with Gasteiger partial charge in [-0.3, -0.25) is 9.48 Å². The maximum atomic E-state index is 12.8. The van der Waals surface area contributed by atoms with Gasteiger partial charge in [0.05, 0.1) is 23.9 Å². The first-order chi connectivity index (χ1) is 11.4. The molecule has 1 amide bonds. The van der Waals surface area contributed by atoms with Crippen molar-refractivity contribution in [1.82, 2.24) is 15.1 Å². The fourth-order valence-corrected chi connectivity index (χ4v) is 3.35. The predicted molar refractivity (Wildman–Crippen MR) is 93.2 cm³/mol. The lowest BCUT2D eigenvalue weighted by Gasteiger charge is -2.16. The van der Waals surface area contributed by atoms with E-state index in [-0.39, 0.29) is 17.9 Å². The lowest BCUT2D eigenvalue weighted by atomic mass is 9.99. The number of hydrogen-bond acceptors (Lipinski definition) is 3. The molecular weight excluding hydrogens is 302 g/mol. The summed E-state index contributed by atoms with van der Waals surface area (Å²) in [6.07, 6.45) is 2.72. The summed E-state index contributed by atoms with van der Waals surface area (Å²) in [5.74, 6) is 0.139. The summed E-state index contributed by atoms with van der Waals surface area (Å²) >= 11 is 0. The van der Waals surface area contributed by atoms with Crippen LogP contribution in [-0.2, 0) is 11.8 Å². The average Bonchev–Trinajstić information content (AvgIpc) is 3.14. The molecule has 0 spiro atoms. The van der Waals surface area contributed by atoms with Gasteiger partial charge < -0.3 is 10.1 Å². The number of nitrogens with zero attached hydrogens (tertiary/aromatic N) is 2. The number of aromatic nitrogens is 2. The van der Waals surface area contributed by atoms with Crippen molar-refractivity contribution in [3.05, 3.63) is 52.3 Å². The van der Waals surface area contributed by atoms with Crippen LogP contribution in [0.25, 0.3) is 0 Å². The number of benzene rings is 1. The van der Waals surface area contributed by atoms with Gasteiger partial charge >= 0.3 is 0 Å². The lowest BCUT2D eigenvalue weighted by Crippen LogP contribution is -2.27. The van der Waals surface area contributed by atoms with E-state index in [1.807, 2.05) is 14.0 Å². The molecule has 2 heterocycles. The number of amides is 1. The van der Waals surface area contributed by atoms with Crippen LogP contribution in [0.5, 0.6) is 0 Å². The highest BCUT2D eigenvalue weighted by molar-refractivity contribution is 5.95. The second-order valence-corrected chi connectivity index (χ2v) is 6.78. The number of nitrogens with one attached hydrogen (secondary N) is 1. The SMILES string of the molecule is Cc1cc(C)cc(C(C)NC(=O)c2cn(C)nc2C2CCOC2)c1. The molecule has 1 saturated heterocycles. The van der Waals surface area contributed by atoms with Gasteiger partial charge in [0.25, 0.3) is 5.91 Å². The Kier molecular flexibility index (Phi) is 4.71. The molecule has 0 aliphatic carbocycles. The van der Waals surface area contributed by atoms with Crippen LogP contribution in [0.1, 0.15) is 58.0 Å². The van der Waals surface area contributed by atoms with E-state index in [2.05, 4.69) is 42.5 Å². The van der Waals surface area contributed by atoms with E-state index < -0.39 is 0 Å². The van der Waals surface area contributed by atoms with Gasteiger partial charge in [0.1, 0.15) is 0 Å². The second kappa shape index (κ2) is 6.77. The van der Waals surface area contributed by atoms with Gasteiger partial charge in [-0.25, -0.2) is 0 Å². The minimum Gasteiger partial charge on any atom is -0.381 e. The summed E-state index contributed by atoms with van der Waals surface area (Å²) in [6, 6.07) is 6.32. The molecule has 1 aromatic carbocycles. The first-order valence-corrected chi connectivity index (χ1v) is 8.44. The van der Waals surface area contributed by atoms with E-state index in [1.165, 1.54) is 11.1 Å². The fraction of sp³-hybridized carbons (Fsp3) is 0.474. The molecule has 0 bridgehead atoms. The normalized spacial score (nSPS) is 18.6.